The molecular weight excluding hydrogens is 202 g/mol. The first-order valence-electron chi connectivity index (χ1n) is 5.26. The van der Waals surface area contributed by atoms with Crippen molar-refractivity contribution in [2.45, 2.75) is 32.7 Å². The Morgan fingerprint density at radius 1 is 1.25 bits per heavy atom. The molecule has 0 unspecified atom stereocenters. The largest absolute Gasteiger partial charge is 0.346 e. The average Bonchev–Trinajstić information content (AvgIpc) is 2.25. The van der Waals surface area contributed by atoms with Crippen LogP contribution in [-0.4, -0.2) is 12.2 Å². The highest BCUT2D eigenvalue weighted by molar-refractivity contribution is 6.23. The normalized spacial score (nSPS) is 10.9. The van der Waals surface area contributed by atoms with Crippen LogP contribution in [0.4, 0.5) is 0 Å². The molecule has 0 saturated carbocycles. The lowest BCUT2D eigenvalue weighted by molar-refractivity contribution is -0.131. The quantitative estimate of drug-likeness (QED) is 0.622. The predicted molar refractivity (Wildman–Crippen MR) is 63.1 cm³/mol. The maximum absolute atomic E-state index is 10.7. The fraction of sp³-hybridized carbons (Fsp3) is 0.385. The van der Waals surface area contributed by atoms with Crippen molar-refractivity contribution in [3.05, 3.63) is 35.4 Å². The van der Waals surface area contributed by atoms with Gasteiger partial charge in [0.2, 0.25) is 6.29 Å². The predicted octanol–water partition coefficient (Wildman–Crippen LogP) is 1.80. The maximum Gasteiger partial charge on any atom is 0.284 e. The molecule has 0 spiro atoms. The Kier molecular flexibility index (Phi) is 3.82. The summed E-state index contributed by atoms with van der Waals surface area (Å²) in [7, 11) is 0. The molecule has 16 heavy (non-hydrogen) atoms. The fourth-order valence-corrected chi connectivity index (χ4v) is 1.35. The van der Waals surface area contributed by atoms with Crippen LogP contribution >= 0.6 is 0 Å². The smallest absolute Gasteiger partial charge is 0.284 e. The second-order valence-electron chi connectivity index (χ2n) is 4.78. The van der Waals surface area contributed by atoms with E-state index >= 15 is 0 Å². The van der Waals surface area contributed by atoms with Gasteiger partial charge in [0.05, 0.1) is 0 Å². The van der Waals surface area contributed by atoms with Crippen molar-refractivity contribution >= 4 is 12.2 Å². The first-order valence-corrected chi connectivity index (χ1v) is 5.26. The summed E-state index contributed by atoms with van der Waals surface area (Å²) in [5.74, 6) is -0.583. The standard InChI is InChI=1S/C13H17NO2/c1-13(2,3)11-6-4-10(5-7-11)8-14-12(16)9-15/h4-7,9H,8H2,1-3H3,(H,14,16). The van der Waals surface area contributed by atoms with Crippen molar-refractivity contribution in [3.63, 3.8) is 0 Å². The van der Waals surface area contributed by atoms with Gasteiger partial charge in [0.25, 0.3) is 5.91 Å². The van der Waals surface area contributed by atoms with Gasteiger partial charge < -0.3 is 5.32 Å². The number of amides is 1. The Bertz CT molecular complexity index is 374. The van der Waals surface area contributed by atoms with E-state index in [1.165, 1.54) is 5.56 Å². The van der Waals surface area contributed by atoms with Crippen LogP contribution in [0.15, 0.2) is 24.3 Å². The Labute approximate surface area is 95.9 Å². The van der Waals surface area contributed by atoms with Gasteiger partial charge in [-0.1, -0.05) is 45.0 Å². The molecule has 86 valence electrons. The molecule has 0 aromatic heterocycles. The minimum atomic E-state index is -0.583. The van der Waals surface area contributed by atoms with Gasteiger partial charge >= 0.3 is 0 Å². The number of carbonyl (C=O) groups is 2. The van der Waals surface area contributed by atoms with Crippen LogP contribution in [0.5, 0.6) is 0 Å². The highest BCUT2D eigenvalue weighted by atomic mass is 16.2. The summed E-state index contributed by atoms with van der Waals surface area (Å²) in [4.78, 5) is 20.8. The van der Waals surface area contributed by atoms with Crippen molar-refractivity contribution in [2.24, 2.45) is 0 Å². The number of benzene rings is 1. The molecule has 0 saturated heterocycles. The van der Waals surface area contributed by atoms with Gasteiger partial charge in [-0.25, -0.2) is 0 Å². The zero-order valence-corrected chi connectivity index (χ0v) is 9.91. The van der Waals surface area contributed by atoms with Crippen LogP contribution in [-0.2, 0) is 21.5 Å². The molecule has 0 fully saturated rings. The van der Waals surface area contributed by atoms with E-state index in [0.29, 0.717) is 6.54 Å². The van der Waals surface area contributed by atoms with E-state index in [1.54, 1.807) is 0 Å². The second kappa shape index (κ2) is 4.92. The molecule has 0 bridgehead atoms. The fourth-order valence-electron chi connectivity index (χ4n) is 1.35. The molecular formula is C13H17NO2. The summed E-state index contributed by atoms with van der Waals surface area (Å²) in [6, 6.07) is 8.02. The van der Waals surface area contributed by atoms with Gasteiger partial charge in [-0.3, -0.25) is 9.59 Å². The molecule has 0 aliphatic rings. The van der Waals surface area contributed by atoms with Gasteiger partial charge in [-0.2, -0.15) is 0 Å². The Morgan fingerprint density at radius 3 is 2.25 bits per heavy atom. The number of carbonyl (C=O) groups excluding carboxylic acids is 2. The molecule has 1 rings (SSSR count). The third-order valence-corrected chi connectivity index (χ3v) is 2.39. The van der Waals surface area contributed by atoms with E-state index in [9.17, 15) is 9.59 Å². The van der Waals surface area contributed by atoms with Crippen LogP contribution in [0, 0.1) is 0 Å². The SMILES string of the molecule is CC(C)(C)c1ccc(CNC(=O)C=O)cc1. The molecule has 0 aliphatic carbocycles. The van der Waals surface area contributed by atoms with E-state index in [-0.39, 0.29) is 11.7 Å². The summed E-state index contributed by atoms with van der Waals surface area (Å²) in [6.45, 7) is 6.84. The Morgan fingerprint density at radius 2 is 1.81 bits per heavy atom. The molecule has 1 amide bonds. The Hall–Kier alpha value is -1.64. The number of hydrogen-bond donors (Lipinski definition) is 1. The van der Waals surface area contributed by atoms with Crippen molar-refractivity contribution in [2.75, 3.05) is 0 Å². The van der Waals surface area contributed by atoms with Crippen molar-refractivity contribution in [1.82, 2.24) is 5.32 Å². The van der Waals surface area contributed by atoms with Gasteiger partial charge in [0.15, 0.2) is 0 Å². The van der Waals surface area contributed by atoms with Crippen molar-refractivity contribution in [3.8, 4) is 0 Å². The summed E-state index contributed by atoms with van der Waals surface area (Å²) < 4.78 is 0. The zero-order chi connectivity index (χ0) is 12.2. The molecule has 0 aliphatic heterocycles. The number of rotatable bonds is 3. The number of hydrogen-bond acceptors (Lipinski definition) is 2. The summed E-state index contributed by atoms with van der Waals surface area (Å²) in [6.07, 6.45) is 0.281. The topological polar surface area (TPSA) is 46.2 Å². The highest BCUT2D eigenvalue weighted by Gasteiger charge is 2.12. The number of nitrogens with one attached hydrogen (secondary N) is 1. The van der Waals surface area contributed by atoms with Crippen LogP contribution < -0.4 is 5.32 Å². The summed E-state index contributed by atoms with van der Waals surface area (Å²) >= 11 is 0. The second-order valence-corrected chi connectivity index (χ2v) is 4.78. The van der Waals surface area contributed by atoms with Gasteiger partial charge in [0, 0.05) is 6.54 Å². The average molecular weight is 219 g/mol. The zero-order valence-electron chi connectivity index (χ0n) is 9.91. The van der Waals surface area contributed by atoms with Crippen LogP contribution in [0.25, 0.3) is 0 Å². The lowest BCUT2D eigenvalue weighted by Gasteiger charge is -2.19. The molecule has 0 heterocycles. The third-order valence-electron chi connectivity index (χ3n) is 2.39. The lowest BCUT2D eigenvalue weighted by Crippen LogP contribution is -2.23. The van der Waals surface area contributed by atoms with E-state index in [4.69, 9.17) is 0 Å². The van der Waals surface area contributed by atoms with E-state index in [2.05, 4.69) is 26.1 Å². The molecule has 3 nitrogen and oxygen atoms in total. The maximum atomic E-state index is 10.7. The summed E-state index contributed by atoms with van der Waals surface area (Å²) in [5, 5.41) is 2.50. The monoisotopic (exact) mass is 219 g/mol. The van der Waals surface area contributed by atoms with Crippen LogP contribution in [0.1, 0.15) is 31.9 Å². The van der Waals surface area contributed by atoms with Crippen LogP contribution in [0.3, 0.4) is 0 Å². The first-order chi connectivity index (χ1) is 7.43. The van der Waals surface area contributed by atoms with E-state index in [1.807, 2.05) is 24.3 Å². The highest BCUT2D eigenvalue weighted by Crippen LogP contribution is 2.21. The first kappa shape index (κ1) is 12.4. The lowest BCUT2D eigenvalue weighted by atomic mass is 9.87. The molecule has 0 atom stereocenters. The molecule has 1 N–H and O–H groups in total. The van der Waals surface area contributed by atoms with Gasteiger partial charge in [0.1, 0.15) is 0 Å². The minimum absolute atomic E-state index is 0.130. The van der Waals surface area contributed by atoms with Crippen molar-refractivity contribution < 1.29 is 9.59 Å². The summed E-state index contributed by atoms with van der Waals surface area (Å²) in [5.41, 5.74) is 2.37. The molecule has 1 aromatic carbocycles. The van der Waals surface area contributed by atoms with Gasteiger partial charge in [-0.15, -0.1) is 0 Å². The van der Waals surface area contributed by atoms with Gasteiger partial charge in [-0.05, 0) is 16.5 Å². The number of aldehydes is 1. The molecule has 0 radical (unpaired) electrons. The third kappa shape index (κ3) is 3.50. The molecule has 3 heteroatoms. The van der Waals surface area contributed by atoms with Crippen LogP contribution in [0.2, 0.25) is 0 Å². The minimum Gasteiger partial charge on any atom is -0.346 e. The van der Waals surface area contributed by atoms with E-state index < -0.39 is 5.91 Å². The molecule has 1 aromatic rings. The Balaban J connectivity index is 2.65. The van der Waals surface area contributed by atoms with E-state index in [0.717, 1.165) is 5.56 Å². The van der Waals surface area contributed by atoms with Crippen molar-refractivity contribution in [1.29, 1.82) is 0 Å².